The lowest BCUT2D eigenvalue weighted by Crippen LogP contribution is -2.01. The van der Waals surface area contributed by atoms with Gasteiger partial charge < -0.3 is 10.1 Å². The van der Waals surface area contributed by atoms with E-state index in [0.717, 1.165) is 33.3 Å². The highest BCUT2D eigenvalue weighted by atomic mass is 35.5. The number of aliphatic carboxylic acids is 1. The molecule has 124 valence electrons. The molecule has 0 bridgehead atoms. The first-order valence-electron chi connectivity index (χ1n) is 7.69. The van der Waals surface area contributed by atoms with Crippen LogP contribution in [0.3, 0.4) is 0 Å². The van der Waals surface area contributed by atoms with Gasteiger partial charge in [-0.1, -0.05) is 55.2 Å². The van der Waals surface area contributed by atoms with Gasteiger partial charge >= 0.3 is 5.97 Å². The zero-order valence-corrected chi connectivity index (χ0v) is 14.9. The summed E-state index contributed by atoms with van der Waals surface area (Å²) in [7, 11) is 0. The maximum atomic E-state index is 11.4. The van der Waals surface area contributed by atoms with Gasteiger partial charge in [-0.15, -0.1) is 0 Å². The maximum absolute atomic E-state index is 11.4. The van der Waals surface area contributed by atoms with Crippen molar-refractivity contribution in [3.63, 3.8) is 0 Å². The zero-order chi connectivity index (χ0) is 17.4. The Morgan fingerprint density at radius 1 is 1.21 bits per heavy atom. The average Bonchev–Trinajstić information content (AvgIpc) is 2.85. The lowest BCUT2D eigenvalue weighted by atomic mass is 9.98. The van der Waals surface area contributed by atoms with Crippen molar-refractivity contribution in [3.05, 3.63) is 57.6 Å². The minimum absolute atomic E-state index is 0.0736. The highest BCUT2D eigenvalue weighted by Crippen LogP contribution is 2.38. The van der Waals surface area contributed by atoms with Gasteiger partial charge in [0.15, 0.2) is 0 Å². The van der Waals surface area contributed by atoms with E-state index in [2.05, 4.69) is 24.9 Å². The lowest BCUT2D eigenvalue weighted by molar-refractivity contribution is -0.136. The molecule has 0 saturated heterocycles. The maximum Gasteiger partial charge on any atom is 0.307 e. The number of carbonyl (C=O) groups is 1. The van der Waals surface area contributed by atoms with E-state index in [1.165, 1.54) is 0 Å². The number of carboxylic acids is 1. The number of rotatable bonds is 4. The molecule has 3 nitrogen and oxygen atoms in total. The summed E-state index contributed by atoms with van der Waals surface area (Å²) in [6.45, 7) is 4.23. The van der Waals surface area contributed by atoms with Crippen LogP contribution in [0.15, 0.2) is 36.4 Å². The first-order chi connectivity index (χ1) is 11.4. The third kappa shape index (κ3) is 3.02. The quantitative estimate of drug-likeness (QED) is 0.608. The molecular formula is C19H17Cl2NO2. The molecule has 0 amide bonds. The second-order valence-electron chi connectivity index (χ2n) is 6.10. The molecule has 3 aromatic rings. The van der Waals surface area contributed by atoms with Crippen LogP contribution < -0.4 is 0 Å². The molecule has 0 unspecified atom stereocenters. The summed E-state index contributed by atoms with van der Waals surface area (Å²) in [5.74, 6) is -0.559. The first-order valence-corrected chi connectivity index (χ1v) is 8.44. The molecule has 3 rings (SSSR count). The van der Waals surface area contributed by atoms with Crippen molar-refractivity contribution in [2.75, 3.05) is 0 Å². The summed E-state index contributed by atoms with van der Waals surface area (Å²) in [6.07, 6.45) is -0.0736. The summed E-state index contributed by atoms with van der Waals surface area (Å²) in [6, 6.07) is 11.2. The van der Waals surface area contributed by atoms with Crippen molar-refractivity contribution in [2.24, 2.45) is 0 Å². The van der Waals surface area contributed by atoms with Gasteiger partial charge in [0.25, 0.3) is 0 Å². The van der Waals surface area contributed by atoms with Crippen LogP contribution in [0.5, 0.6) is 0 Å². The fourth-order valence-corrected chi connectivity index (χ4v) is 3.54. The molecule has 5 heteroatoms. The number of nitrogens with one attached hydrogen (secondary N) is 1. The highest BCUT2D eigenvalue weighted by Gasteiger charge is 2.20. The Morgan fingerprint density at radius 2 is 1.96 bits per heavy atom. The molecule has 2 N–H and O–H groups in total. The van der Waals surface area contributed by atoms with Crippen molar-refractivity contribution >= 4 is 40.1 Å². The Balaban J connectivity index is 2.33. The van der Waals surface area contributed by atoms with E-state index >= 15 is 0 Å². The number of H-pyrrole nitrogens is 1. The Kier molecular flexibility index (Phi) is 4.57. The van der Waals surface area contributed by atoms with Gasteiger partial charge in [0.05, 0.1) is 17.1 Å². The predicted octanol–water partition coefficient (Wildman–Crippen LogP) is 5.89. The van der Waals surface area contributed by atoms with Gasteiger partial charge in [0, 0.05) is 21.5 Å². The summed E-state index contributed by atoms with van der Waals surface area (Å²) in [5, 5.41) is 11.3. The largest absolute Gasteiger partial charge is 0.481 e. The van der Waals surface area contributed by atoms with Gasteiger partial charge in [-0.2, -0.15) is 0 Å². The lowest BCUT2D eigenvalue weighted by Gasteiger charge is -2.06. The van der Waals surface area contributed by atoms with E-state index in [0.29, 0.717) is 16.0 Å². The number of fused-ring (bicyclic) bond motifs is 1. The van der Waals surface area contributed by atoms with Crippen LogP contribution in [-0.2, 0) is 11.2 Å². The Bertz CT molecular complexity index is 929. The highest BCUT2D eigenvalue weighted by molar-refractivity contribution is 6.36. The second kappa shape index (κ2) is 6.50. The minimum atomic E-state index is -0.878. The average molecular weight is 362 g/mol. The fraction of sp³-hybridized carbons (Fsp3) is 0.211. The number of para-hydroxylation sites is 1. The number of hydrogen-bond acceptors (Lipinski definition) is 1. The standard InChI is InChI=1S/C19H17Cl2NO2/c1-10(2)12-4-3-5-13-15(9-17(23)24)19(22-18(12)13)14-7-6-11(20)8-16(14)21/h3-8,10,22H,9H2,1-2H3,(H,23,24). The Morgan fingerprint density at radius 3 is 2.58 bits per heavy atom. The van der Waals surface area contributed by atoms with E-state index in [1.54, 1.807) is 12.1 Å². The summed E-state index contributed by atoms with van der Waals surface area (Å²) >= 11 is 12.3. The summed E-state index contributed by atoms with van der Waals surface area (Å²) in [4.78, 5) is 14.8. The van der Waals surface area contributed by atoms with E-state index < -0.39 is 5.97 Å². The van der Waals surface area contributed by atoms with Crippen LogP contribution in [0.25, 0.3) is 22.2 Å². The summed E-state index contributed by atoms with van der Waals surface area (Å²) in [5.41, 5.74) is 4.34. The Labute approximate surface area is 150 Å². The number of hydrogen-bond donors (Lipinski definition) is 2. The number of halogens is 2. The van der Waals surface area contributed by atoms with Gasteiger partial charge in [0.1, 0.15) is 0 Å². The van der Waals surface area contributed by atoms with Gasteiger partial charge in [-0.3, -0.25) is 4.79 Å². The third-order valence-corrected chi connectivity index (χ3v) is 4.67. The van der Waals surface area contributed by atoms with Crippen LogP contribution in [-0.4, -0.2) is 16.1 Å². The molecular weight excluding hydrogens is 345 g/mol. The second-order valence-corrected chi connectivity index (χ2v) is 6.94. The van der Waals surface area contributed by atoms with Crippen LogP contribution in [0.2, 0.25) is 10.0 Å². The molecule has 24 heavy (non-hydrogen) atoms. The molecule has 0 aliphatic rings. The summed E-state index contributed by atoms with van der Waals surface area (Å²) < 4.78 is 0. The predicted molar refractivity (Wildman–Crippen MR) is 99.2 cm³/mol. The van der Waals surface area contributed by atoms with Crippen LogP contribution >= 0.6 is 23.2 Å². The SMILES string of the molecule is CC(C)c1cccc2c(CC(=O)O)c(-c3ccc(Cl)cc3Cl)[nH]c12. The first kappa shape index (κ1) is 16.9. The molecule has 1 aromatic heterocycles. The van der Waals surface area contributed by atoms with E-state index in [4.69, 9.17) is 23.2 Å². The van der Waals surface area contributed by atoms with E-state index in [-0.39, 0.29) is 6.42 Å². The van der Waals surface area contributed by atoms with Crippen molar-refractivity contribution in [2.45, 2.75) is 26.2 Å². The number of aromatic amines is 1. The van der Waals surface area contributed by atoms with E-state index in [9.17, 15) is 9.90 Å². The van der Waals surface area contributed by atoms with Crippen molar-refractivity contribution in [3.8, 4) is 11.3 Å². The molecule has 0 radical (unpaired) electrons. The fourth-order valence-electron chi connectivity index (χ4n) is 3.03. The molecule has 0 aliphatic heterocycles. The van der Waals surface area contributed by atoms with Crippen molar-refractivity contribution < 1.29 is 9.90 Å². The topological polar surface area (TPSA) is 53.1 Å². The molecule has 2 aromatic carbocycles. The van der Waals surface area contributed by atoms with Crippen LogP contribution in [0.1, 0.15) is 30.9 Å². The Hall–Kier alpha value is -1.97. The van der Waals surface area contributed by atoms with Gasteiger partial charge in [0.2, 0.25) is 0 Å². The van der Waals surface area contributed by atoms with Crippen LogP contribution in [0, 0.1) is 0 Å². The van der Waals surface area contributed by atoms with E-state index in [1.807, 2.05) is 18.2 Å². The number of benzene rings is 2. The monoisotopic (exact) mass is 361 g/mol. The molecule has 1 heterocycles. The molecule has 0 spiro atoms. The van der Waals surface area contributed by atoms with Gasteiger partial charge in [-0.25, -0.2) is 0 Å². The number of carboxylic acid groups (broad SMARTS) is 1. The molecule has 0 aliphatic carbocycles. The minimum Gasteiger partial charge on any atom is -0.481 e. The van der Waals surface area contributed by atoms with Crippen molar-refractivity contribution in [1.29, 1.82) is 0 Å². The van der Waals surface area contributed by atoms with Crippen LogP contribution in [0.4, 0.5) is 0 Å². The molecule has 0 fully saturated rings. The van der Waals surface area contributed by atoms with Gasteiger partial charge in [-0.05, 0) is 35.2 Å². The third-order valence-electron chi connectivity index (χ3n) is 4.12. The molecule has 0 atom stereocenters. The van der Waals surface area contributed by atoms with Crippen molar-refractivity contribution in [1.82, 2.24) is 4.98 Å². The number of aromatic nitrogens is 1. The molecule has 0 saturated carbocycles. The zero-order valence-electron chi connectivity index (χ0n) is 13.4. The smallest absolute Gasteiger partial charge is 0.307 e. The normalized spacial score (nSPS) is 11.4.